The van der Waals surface area contributed by atoms with Crippen LogP contribution in [0.1, 0.15) is 44.7 Å². The van der Waals surface area contributed by atoms with Gasteiger partial charge in [-0.25, -0.2) is 0 Å². The predicted molar refractivity (Wildman–Crippen MR) is 115 cm³/mol. The number of halogens is 1. The number of carbonyl (C=O) groups is 3. The fourth-order valence-corrected chi connectivity index (χ4v) is 3.44. The molecule has 0 aliphatic carbocycles. The van der Waals surface area contributed by atoms with Crippen molar-refractivity contribution in [2.24, 2.45) is 17.6 Å². The number of nitrogens with one attached hydrogen (secondary N) is 2. The van der Waals surface area contributed by atoms with Crippen molar-refractivity contribution in [3.63, 3.8) is 0 Å². The lowest BCUT2D eigenvalue weighted by Crippen LogP contribution is -2.50. The molecule has 2 unspecified atom stereocenters. The summed E-state index contributed by atoms with van der Waals surface area (Å²) >= 11 is 0. The van der Waals surface area contributed by atoms with Crippen molar-refractivity contribution in [2.75, 3.05) is 26.2 Å². The summed E-state index contributed by atoms with van der Waals surface area (Å²) < 4.78 is 0. The molecule has 1 heterocycles. The van der Waals surface area contributed by atoms with Gasteiger partial charge in [0.2, 0.25) is 17.7 Å². The van der Waals surface area contributed by atoms with Gasteiger partial charge in [0, 0.05) is 32.6 Å². The third-order valence-corrected chi connectivity index (χ3v) is 4.83. The third-order valence-electron chi connectivity index (χ3n) is 4.83. The standard InChI is InChI=1S/C21H32N4O3.ClH/c1-15(2)13-18(26)24-19(16-7-4-3-5-8-16)21(28)25-12-6-9-17(14-25)20(27)23-11-10-22;/h3-5,7-8,15,17,19H,6,9-14,22H2,1-2H3,(H,23,27)(H,24,26);1H. The van der Waals surface area contributed by atoms with Crippen LogP contribution in [0.2, 0.25) is 0 Å². The molecule has 162 valence electrons. The summed E-state index contributed by atoms with van der Waals surface area (Å²) in [5.74, 6) is -0.418. The molecule has 1 saturated heterocycles. The normalized spacial score (nSPS) is 17.2. The zero-order valence-electron chi connectivity index (χ0n) is 17.2. The molecule has 0 saturated carbocycles. The number of amides is 3. The number of nitrogens with two attached hydrogens (primary N) is 1. The third kappa shape index (κ3) is 7.66. The Hall–Kier alpha value is -2.12. The first-order valence-electron chi connectivity index (χ1n) is 10.0. The Labute approximate surface area is 179 Å². The Morgan fingerprint density at radius 3 is 2.52 bits per heavy atom. The van der Waals surface area contributed by atoms with E-state index in [0.29, 0.717) is 32.6 Å². The van der Waals surface area contributed by atoms with E-state index in [1.54, 1.807) is 4.90 Å². The van der Waals surface area contributed by atoms with Crippen molar-refractivity contribution >= 4 is 30.1 Å². The van der Waals surface area contributed by atoms with Crippen molar-refractivity contribution < 1.29 is 14.4 Å². The van der Waals surface area contributed by atoms with Gasteiger partial charge in [-0.15, -0.1) is 12.4 Å². The minimum absolute atomic E-state index is 0. The maximum Gasteiger partial charge on any atom is 0.249 e. The largest absolute Gasteiger partial charge is 0.355 e. The Morgan fingerprint density at radius 1 is 1.21 bits per heavy atom. The number of likely N-dealkylation sites (tertiary alicyclic amines) is 1. The van der Waals surface area contributed by atoms with E-state index in [4.69, 9.17) is 5.73 Å². The van der Waals surface area contributed by atoms with Crippen LogP contribution in [-0.2, 0) is 14.4 Å². The fourth-order valence-electron chi connectivity index (χ4n) is 3.44. The van der Waals surface area contributed by atoms with Crippen molar-refractivity contribution in [3.05, 3.63) is 35.9 Å². The van der Waals surface area contributed by atoms with Crippen LogP contribution in [0.3, 0.4) is 0 Å². The van der Waals surface area contributed by atoms with Gasteiger partial charge in [-0.05, 0) is 24.3 Å². The maximum atomic E-state index is 13.3. The second-order valence-corrected chi connectivity index (χ2v) is 7.71. The molecule has 7 nitrogen and oxygen atoms in total. The molecule has 0 aromatic heterocycles. The summed E-state index contributed by atoms with van der Waals surface area (Å²) in [5.41, 5.74) is 6.20. The first-order valence-corrected chi connectivity index (χ1v) is 10.0. The molecule has 0 radical (unpaired) electrons. The SMILES string of the molecule is CC(C)CC(=O)NC(C(=O)N1CCCC(C(=O)NCCN)C1)c1ccccc1.Cl. The Balaban J connectivity index is 0.00000420. The number of hydrogen-bond acceptors (Lipinski definition) is 4. The molecule has 3 amide bonds. The molecule has 0 bridgehead atoms. The number of benzene rings is 1. The van der Waals surface area contributed by atoms with Crippen LogP contribution in [0.15, 0.2) is 30.3 Å². The zero-order chi connectivity index (χ0) is 20.5. The second kappa shape index (κ2) is 12.4. The van der Waals surface area contributed by atoms with E-state index in [-0.39, 0.29) is 42.0 Å². The molecule has 1 aliphatic rings. The van der Waals surface area contributed by atoms with Gasteiger partial charge in [-0.1, -0.05) is 44.2 Å². The van der Waals surface area contributed by atoms with Gasteiger partial charge in [0.1, 0.15) is 6.04 Å². The lowest BCUT2D eigenvalue weighted by atomic mass is 9.95. The molecule has 1 fully saturated rings. The molecule has 29 heavy (non-hydrogen) atoms. The molecular weight excluding hydrogens is 392 g/mol. The maximum absolute atomic E-state index is 13.3. The lowest BCUT2D eigenvalue weighted by Gasteiger charge is -2.34. The molecule has 2 atom stereocenters. The number of piperidine rings is 1. The average molecular weight is 425 g/mol. The van der Waals surface area contributed by atoms with Crippen molar-refractivity contribution in [1.82, 2.24) is 15.5 Å². The summed E-state index contributed by atoms with van der Waals surface area (Å²) in [6, 6.07) is 8.52. The van der Waals surface area contributed by atoms with E-state index in [9.17, 15) is 14.4 Å². The van der Waals surface area contributed by atoms with Crippen LogP contribution >= 0.6 is 12.4 Å². The Bertz CT molecular complexity index is 669. The highest BCUT2D eigenvalue weighted by Crippen LogP contribution is 2.22. The fraction of sp³-hybridized carbons (Fsp3) is 0.571. The molecule has 8 heteroatoms. The van der Waals surface area contributed by atoms with Gasteiger partial charge in [0.25, 0.3) is 0 Å². The van der Waals surface area contributed by atoms with Gasteiger partial charge >= 0.3 is 0 Å². The summed E-state index contributed by atoms with van der Waals surface area (Å²) in [7, 11) is 0. The van der Waals surface area contributed by atoms with Crippen LogP contribution in [0.25, 0.3) is 0 Å². The predicted octanol–water partition coefficient (Wildman–Crippen LogP) is 1.63. The minimum Gasteiger partial charge on any atom is -0.355 e. The minimum atomic E-state index is -0.738. The van der Waals surface area contributed by atoms with Gasteiger partial charge in [0.05, 0.1) is 5.92 Å². The van der Waals surface area contributed by atoms with Gasteiger partial charge in [-0.2, -0.15) is 0 Å². The number of hydrogen-bond donors (Lipinski definition) is 3. The lowest BCUT2D eigenvalue weighted by molar-refractivity contribution is -0.140. The van der Waals surface area contributed by atoms with Crippen molar-refractivity contribution in [3.8, 4) is 0 Å². The van der Waals surface area contributed by atoms with E-state index in [2.05, 4.69) is 10.6 Å². The monoisotopic (exact) mass is 424 g/mol. The topological polar surface area (TPSA) is 105 Å². The van der Waals surface area contributed by atoms with Crippen LogP contribution in [0.4, 0.5) is 0 Å². The summed E-state index contributed by atoms with van der Waals surface area (Å²) in [4.78, 5) is 39.6. The van der Waals surface area contributed by atoms with Crippen LogP contribution in [-0.4, -0.2) is 48.8 Å². The van der Waals surface area contributed by atoms with Crippen LogP contribution < -0.4 is 16.4 Å². The number of carbonyl (C=O) groups excluding carboxylic acids is 3. The molecular formula is C21H33ClN4O3. The second-order valence-electron chi connectivity index (χ2n) is 7.71. The van der Waals surface area contributed by atoms with E-state index >= 15 is 0 Å². The summed E-state index contributed by atoms with van der Waals surface area (Å²) in [5, 5.41) is 5.70. The average Bonchev–Trinajstić information content (AvgIpc) is 2.70. The molecule has 4 N–H and O–H groups in total. The van der Waals surface area contributed by atoms with Crippen LogP contribution in [0.5, 0.6) is 0 Å². The first-order chi connectivity index (χ1) is 13.4. The number of rotatable bonds is 8. The molecule has 1 aromatic carbocycles. The van der Waals surface area contributed by atoms with E-state index < -0.39 is 6.04 Å². The van der Waals surface area contributed by atoms with Gasteiger partial charge in [0.15, 0.2) is 0 Å². The summed E-state index contributed by atoms with van der Waals surface area (Å²) in [6.07, 6.45) is 1.87. The highest BCUT2D eigenvalue weighted by molar-refractivity contribution is 5.89. The van der Waals surface area contributed by atoms with Crippen LogP contribution in [0, 0.1) is 11.8 Å². The molecule has 1 aliphatic heterocycles. The van der Waals surface area contributed by atoms with Crippen molar-refractivity contribution in [1.29, 1.82) is 0 Å². The Morgan fingerprint density at radius 2 is 1.90 bits per heavy atom. The molecule has 1 aromatic rings. The quantitative estimate of drug-likeness (QED) is 0.589. The highest BCUT2D eigenvalue weighted by Gasteiger charge is 2.33. The first kappa shape index (κ1) is 24.9. The number of nitrogens with zero attached hydrogens (tertiary/aromatic N) is 1. The molecule has 2 rings (SSSR count). The Kier molecular flexibility index (Phi) is 10.7. The highest BCUT2D eigenvalue weighted by atomic mass is 35.5. The summed E-state index contributed by atoms with van der Waals surface area (Å²) in [6.45, 7) is 5.70. The van der Waals surface area contributed by atoms with E-state index in [0.717, 1.165) is 18.4 Å². The van der Waals surface area contributed by atoms with E-state index in [1.165, 1.54) is 0 Å². The van der Waals surface area contributed by atoms with Gasteiger partial charge in [-0.3, -0.25) is 14.4 Å². The van der Waals surface area contributed by atoms with Gasteiger partial charge < -0.3 is 21.3 Å². The molecule has 0 spiro atoms. The van der Waals surface area contributed by atoms with Crippen molar-refractivity contribution in [2.45, 2.75) is 39.2 Å². The smallest absolute Gasteiger partial charge is 0.249 e. The van der Waals surface area contributed by atoms with E-state index in [1.807, 2.05) is 44.2 Å². The zero-order valence-corrected chi connectivity index (χ0v) is 18.0.